The van der Waals surface area contributed by atoms with Crippen LogP contribution in [0.15, 0.2) is 30.3 Å². The Morgan fingerprint density at radius 1 is 1.29 bits per heavy atom. The van der Waals surface area contributed by atoms with Crippen molar-refractivity contribution >= 4 is 29.0 Å². The van der Waals surface area contributed by atoms with Crippen molar-refractivity contribution < 1.29 is 9.90 Å². The molecule has 0 aliphatic heterocycles. The summed E-state index contributed by atoms with van der Waals surface area (Å²) in [5.41, 5.74) is 0.386. The van der Waals surface area contributed by atoms with Crippen LogP contribution in [0.3, 0.4) is 0 Å². The van der Waals surface area contributed by atoms with Crippen molar-refractivity contribution in [2.45, 2.75) is 20.3 Å². The molecule has 0 aliphatic rings. The molecule has 1 N–H and O–H groups in total. The monoisotopic (exact) mass is 204 g/mol. The second-order valence-electron chi connectivity index (χ2n) is 3.85. The van der Waals surface area contributed by atoms with Crippen LogP contribution in [0.5, 0.6) is 0 Å². The van der Waals surface area contributed by atoms with Gasteiger partial charge in [0.25, 0.3) is 0 Å². The second kappa shape index (κ2) is 5.36. The van der Waals surface area contributed by atoms with E-state index in [0.29, 0.717) is 6.42 Å². The lowest BCUT2D eigenvalue weighted by molar-refractivity contribution is -0.146. The fraction of sp³-hybridized carbons (Fsp3) is 0.364. The zero-order valence-electron chi connectivity index (χ0n) is 7.95. The molecule has 0 saturated carbocycles. The summed E-state index contributed by atoms with van der Waals surface area (Å²) in [5.74, 6) is -0.753. The van der Waals surface area contributed by atoms with Gasteiger partial charge in [-0.1, -0.05) is 30.3 Å². The maximum atomic E-state index is 10.8. The first-order valence-electron chi connectivity index (χ1n) is 4.30. The third-order valence-electron chi connectivity index (χ3n) is 2.07. The molecule has 0 heterocycles. The minimum atomic E-state index is -0.753. The largest absolute Gasteiger partial charge is 0.481 e. The van der Waals surface area contributed by atoms with E-state index in [1.807, 2.05) is 30.3 Å². The number of carbonyl (C=O) groups is 1. The summed E-state index contributed by atoms with van der Waals surface area (Å²) >= 11 is 0. The lowest BCUT2D eigenvalue weighted by atomic mass is 9.86. The van der Waals surface area contributed by atoms with Gasteiger partial charge in [-0.15, -0.1) is 0 Å². The Kier molecular flexibility index (Phi) is 5.16. The van der Waals surface area contributed by atoms with Gasteiger partial charge in [0, 0.05) is 0 Å². The van der Waals surface area contributed by atoms with E-state index in [1.165, 1.54) is 0 Å². The van der Waals surface area contributed by atoms with Crippen molar-refractivity contribution in [1.29, 1.82) is 0 Å². The highest BCUT2D eigenvalue weighted by Gasteiger charge is 2.26. The third-order valence-corrected chi connectivity index (χ3v) is 2.07. The third kappa shape index (κ3) is 3.68. The number of hydrogen-bond donors (Lipinski definition) is 1. The molecule has 2 nitrogen and oxygen atoms in total. The average molecular weight is 205 g/mol. The summed E-state index contributed by atoms with van der Waals surface area (Å²) in [6.07, 6.45) is 0.573. The van der Waals surface area contributed by atoms with Gasteiger partial charge in [0.2, 0.25) is 0 Å². The molecule has 0 unspecified atom stereocenters. The lowest BCUT2D eigenvalue weighted by Crippen LogP contribution is -2.26. The van der Waals surface area contributed by atoms with Crippen LogP contribution in [0.2, 0.25) is 0 Å². The van der Waals surface area contributed by atoms with Crippen molar-refractivity contribution in [3.8, 4) is 0 Å². The SMILES string of the molecule is CC(C)(Cc1ccccc1)C(=O)O.[MgH2]. The Morgan fingerprint density at radius 3 is 2.21 bits per heavy atom. The van der Waals surface area contributed by atoms with Crippen LogP contribution < -0.4 is 0 Å². The molecule has 74 valence electrons. The van der Waals surface area contributed by atoms with Crippen LogP contribution in [0, 0.1) is 5.41 Å². The molecule has 0 aliphatic carbocycles. The zero-order chi connectivity index (χ0) is 9.90. The molecule has 1 aromatic carbocycles. The van der Waals surface area contributed by atoms with E-state index in [2.05, 4.69) is 0 Å². The predicted octanol–water partition coefficient (Wildman–Crippen LogP) is 1.42. The van der Waals surface area contributed by atoms with E-state index < -0.39 is 11.4 Å². The quantitative estimate of drug-likeness (QED) is 0.757. The molecular formula is C11H16MgO2. The minimum absolute atomic E-state index is 0. The number of hydrogen-bond acceptors (Lipinski definition) is 1. The Balaban J connectivity index is 0.00000169. The van der Waals surface area contributed by atoms with Crippen molar-refractivity contribution in [3.63, 3.8) is 0 Å². The smallest absolute Gasteiger partial charge is 0.316 e. The van der Waals surface area contributed by atoms with Crippen molar-refractivity contribution in [2.75, 3.05) is 0 Å². The first kappa shape index (κ1) is 13.5. The molecule has 0 bridgehead atoms. The maximum Gasteiger partial charge on any atom is 0.316 e. The average Bonchev–Trinajstić information content (AvgIpc) is 2.05. The van der Waals surface area contributed by atoms with Gasteiger partial charge in [-0.2, -0.15) is 0 Å². The number of aliphatic carboxylic acids is 1. The van der Waals surface area contributed by atoms with Crippen LogP contribution in [0.4, 0.5) is 0 Å². The molecule has 0 radical (unpaired) electrons. The van der Waals surface area contributed by atoms with Crippen molar-refractivity contribution in [2.24, 2.45) is 5.41 Å². The number of carboxylic acid groups (broad SMARTS) is 1. The molecule has 0 fully saturated rings. The normalized spacial score (nSPS) is 10.4. The second-order valence-corrected chi connectivity index (χ2v) is 3.85. The minimum Gasteiger partial charge on any atom is -0.481 e. The first-order chi connectivity index (χ1) is 6.02. The Labute approximate surface area is 100 Å². The van der Waals surface area contributed by atoms with Gasteiger partial charge in [-0.25, -0.2) is 0 Å². The summed E-state index contributed by atoms with van der Waals surface area (Å²) in [5, 5.41) is 8.90. The van der Waals surface area contributed by atoms with Crippen LogP contribution in [-0.2, 0) is 11.2 Å². The highest BCUT2D eigenvalue weighted by Crippen LogP contribution is 2.21. The van der Waals surface area contributed by atoms with Gasteiger partial charge in [0.1, 0.15) is 0 Å². The van der Waals surface area contributed by atoms with Gasteiger partial charge < -0.3 is 5.11 Å². The zero-order valence-corrected chi connectivity index (χ0v) is 7.95. The van der Waals surface area contributed by atoms with Gasteiger partial charge >= 0.3 is 29.0 Å². The van der Waals surface area contributed by atoms with E-state index in [9.17, 15) is 4.79 Å². The maximum absolute atomic E-state index is 10.8. The number of benzene rings is 1. The molecule has 0 spiro atoms. The van der Waals surface area contributed by atoms with Crippen LogP contribution >= 0.6 is 0 Å². The van der Waals surface area contributed by atoms with Crippen LogP contribution in [0.25, 0.3) is 0 Å². The summed E-state index contributed by atoms with van der Waals surface area (Å²) in [4.78, 5) is 10.8. The Morgan fingerprint density at radius 2 is 1.79 bits per heavy atom. The van der Waals surface area contributed by atoms with E-state index >= 15 is 0 Å². The number of carboxylic acids is 1. The van der Waals surface area contributed by atoms with Gasteiger partial charge in [0.05, 0.1) is 5.41 Å². The molecule has 1 rings (SSSR count). The van der Waals surface area contributed by atoms with Crippen molar-refractivity contribution in [1.82, 2.24) is 0 Å². The van der Waals surface area contributed by atoms with Crippen LogP contribution in [-0.4, -0.2) is 34.1 Å². The Hall–Kier alpha value is -0.544. The van der Waals surface area contributed by atoms with E-state index in [0.717, 1.165) is 5.56 Å². The highest BCUT2D eigenvalue weighted by atomic mass is 24.3. The predicted molar refractivity (Wildman–Crippen MR) is 60.1 cm³/mol. The molecule has 14 heavy (non-hydrogen) atoms. The first-order valence-corrected chi connectivity index (χ1v) is 4.30. The fourth-order valence-corrected chi connectivity index (χ4v) is 1.18. The standard InChI is InChI=1S/C11H14O2.Mg.2H/c1-11(2,10(12)13)8-9-6-4-3-5-7-9;;;/h3-7H,8H2,1-2H3,(H,12,13);;;. The molecule has 1 aromatic rings. The molecular weight excluding hydrogens is 188 g/mol. The summed E-state index contributed by atoms with van der Waals surface area (Å²) in [7, 11) is 0. The van der Waals surface area contributed by atoms with E-state index in [1.54, 1.807) is 13.8 Å². The fourth-order valence-electron chi connectivity index (χ4n) is 1.18. The highest BCUT2D eigenvalue weighted by molar-refractivity contribution is 5.75. The molecule has 0 saturated heterocycles. The van der Waals surface area contributed by atoms with E-state index in [4.69, 9.17) is 5.11 Å². The summed E-state index contributed by atoms with van der Waals surface area (Å²) in [6, 6.07) is 9.67. The molecule has 0 atom stereocenters. The van der Waals surface area contributed by atoms with Gasteiger partial charge in [0.15, 0.2) is 0 Å². The summed E-state index contributed by atoms with van der Waals surface area (Å²) < 4.78 is 0. The topological polar surface area (TPSA) is 37.3 Å². The van der Waals surface area contributed by atoms with E-state index in [-0.39, 0.29) is 23.1 Å². The van der Waals surface area contributed by atoms with Gasteiger partial charge in [-0.3, -0.25) is 4.79 Å². The van der Waals surface area contributed by atoms with Gasteiger partial charge in [-0.05, 0) is 25.8 Å². The van der Waals surface area contributed by atoms with Crippen molar-refractivity contribution in [3.05, 3.63) is 35.9 Å². The molecule has 0 aromatic heterocycles. The van der Waals surface area contributed by atoms with Crippen LogP contribution in [0.1, 0.15) is 19.4 Å². The summed E-state index contributed by atoms with van der Waals surface area (Å²) in [6.45, 7) is 3.48. The lowest BCUT2D eigenvalue weighted by Gasteiger charge is -2.18. The number of rotatable bonds is 3. The molecule has 3 heteroatoms. The molecule has 0 amide bonds. The Bertz CT molecular complexity index is 293.